The van der Waals surface area contributed by atoms with E-state index in [0.29, 0.717) is 18.4 Å². The molecule has 5 heteroatoms. The van der Waals surface area contributed by atoms with Crippen LogP contribution in [0.15, 0.2) is 0 Å². The van der Waals surface area contributed by atoms with E-state index in [1.54, 1.807) is 0 Å². The molecule has 0 aromatic heterocycles. The van der Waals surface area contributed by atoms with E-state index in [1.165, 1.54) is 0 Å². The van der Waals surface area contributed by atoms with Crippen LogP contribution in [0.5, 0.6) is 0 Å². The number of hydrogen-bond acceptors (Lipinski definition) is 3. The summed E-state index contributed by atoms with van der Waals surface area (Å²) in [5, 5.41) is 3.28. The highest BCUT2D eigenvalue weighted by Gasteiger charge is 2.33. The van der Waals surface area contributed by atoms with Crippen LogP contribution < -0.4 is 5.32 Å². The average Bonchev–Trinajstić information content (AvgIpc) is 3.01. The third-order valence-electron chi connectivity index (χ3n) is 4.94. The van der Waals surface area contributed by atoms with Crippen LogP contribution in [0, 0.1) is 0 Å². The quantitative estimate of drug-likeness (QED) is 0.811. The van der Waals surface area contributed by atoms with Gasteiger partial charge in [-0.15, -0.1) is 0 Å². The molecule has 1 N–H and O–H groups in total. The molecule has 1 atom stereocenters. The third kappa shape index (κ3) is 2.82. The summed E-state index contributed by atoms with van der Waals surface area (Å²) < 4.78 is 0. The molecule has 0 bridgehead atoms. The van der Waals surface area contributed by atoms with Crippen molar-refractivity contribution in [3.05, 3.63) is 0 Å². The van der Waals surface area contributed by atoms with Gasteiger partial charge in [-0.1, -0.05) is 0 Å². The van der Waals surface area contributed by atoms with E-state index < -0.39 is 0 Å². The molecule has 112 valence electrons. The van der Waals surface area contributed by atoms with Crippen molar-refractivity contribution in [3.8, 4) is 0 Å². The summed E-state index contributed by atoms with van der Waals surface area (Å²) >= 11 is 0. The van der Waals surface area contributed by atoms with Gasteiger partial charge >= 0.3 is 0 Å². The van der Waals surface area contributed by atoms with Gasteiger partial charge in [-0.05, 0) is 45.1 Å². The molecule has 0 aromatic carbocycles. The van der Waals surface area contributed by atoms with E-state index in [1.807, 2.05) is 4.90 Å². The molecule has 2 amide bonds. The molecule has 5 nitrogen and oxygen atoms in total. The van der Waals surface area contributed by atoms with E-state index >= 15 is 0 Å². The number of hydrogen-bond donors (Lipinski definition) is 1. The number of carbonyl (C=O) groups excluding carboxylic acids is 2. The highest BCUT2D eigenvalue weighted by atomic mass is 16.2. The van der Waals surface area contributed by atoms with Crippen molar-refractivity contribution in [2.75, 3.05) is 26.2 Å². The summed E-state index contributed by atoms with van der Waals surface area (Å²) in [6, 6.07) is 0.409. The van der Waals surface area contributed by atoms with Crippen molar-refractivity contribution >= 4 is 11.8 Å². The Labute approximate surface area is 120 Å². The molecule has 1 unspecified atom stereocenters. The highest BCUT2D eigenvalue weighted by Crippen LogP contribution is 2.22. The Kier molecular flexibility index (Phi) is 4.24. The predicted molar refractivity (Wildman–Crippen MR) is 76.2 cm³/mol. The highest BCUT2D eigenvalue weighted by molar-refractivity contribution is 5.82. The van der Waals surface area contributed by atoms with Gasteiger partial charge in [0.15, 0.2) is 0 Å². The van der Waals surface area contributed by atoms with Crippen molar-refractivity contribution in [3.63, 3.8) is 0 Å². The van der Waals surface area contributed by atoms with Gasteiger partial charge < -0.3 is 15.1 Å². The van der Waals surface area contributed by atoms with Gasteiger partial charge in [-0.3, -0.25) is 9.59 Å². The Morgan fingerprint density at radius 3 is 2.50 bits per heavy atom. The second kappa shape index (κ2) is 6.12. The SMILES string of the molecule is O=C(C1CCCN1)N1CCC(N2CCCCC2=O)CC1. The van der Waals surface area contributed by atoms with Crippen LogP contribution in [0.1, 0.15) is 44.9 Å². The standard InChI is InChI=1S/C15H25N3O2/c19-14-5-1-2-9-18(14)12-6-10-17(11-7-12)15(20)13-4-3-8-16-13/h12-13,16H,1-11H2. The molecule has 0 aliphatic carbocycles. The van der Waals surface area contributed by atoms with Crippen molar-refractivity contribution in [2.45, 2.75) is 57.0 Å². The molecule has 0 spiro atoms. The van der Waals surface area contributed by atoms with Crippen LogP contribution in [0.4, 0.5) is 0 Å². The van der Waals surface area contributed by atoms with E-state index in [9.17, 15) is 9.59 Å². The van der Waals surface area contributed by atoms with Crippen LogP contribution in [0.2, 0.25) is 0 Å². The van der Waals surface area contributed by atoms with E-state index in [-0.39, 0.29) is 11.9 Å². The van der Waals surface area contributed by atoms with Crippen molar-refractivity contribution in [1.82, 2.24) is 15.1 Å². The first kappa shape index (κ1) is 13.9. The lowest BCUT2D eigenvalue weighted by atomic mass is 9.99. The first-order valence-corrected chi connectivity index (χ1v) is 8.07. The zero-order valence-electron chi connectivity index (χ0n) is 12.1. The smallest absolute Gasteiger partial charge is 0.239 e. The lowest BCUT2D eigenvalue weighted by molar-refractivity contribution is -0.139. The summed E-state index contributed by atoms with van der Waals surface area (Å²) in [6.07, 6.45) is 6.87. The normalized spacial score (nSPS) is 29.0. The Hall–Kier alpha value is -1.10. The molecular formula is C15H25N3O2. The Balaban J connectivity index is 1.51. The largest absolute Gasteiger partial charge is 0.341 e. The third-order valence-corrected chi connectivity index (χ3v) is 4.94. The molecule has 0 aromatic rings. The number of carbonyl (C=O) groups is 2. The molecule has 3 heterocycles. The van der Waals surface area contributed by atoms with Gasteiger partial charge in [-0.2, -0.15) is 0 Å². The zero-order chi connectivity index (χ0) is 13.9. The number of likely N-dealkylation sites (tertiary alicyclic amines) is 2. The molecular weight excluding hydrogens is 254 g/mol. The van der Waals surface area contributed by atoms with E-state index in [0.717, 1.165) is 64.7 Å². The van der Waals surface area contributed by atoms with Crippen LogP contribution >= 0.6 is 0 Å². The number of amides is 2. The summed E-state index contributed by atoms with van der Waals surface area (Å²) in [5.41, 5.74) is 0. The molecule has 3 rings (SSSR count). The fraction of sp³-hybridized carbons (Fsp3) is 0.867. The van der Waals surface area contributed by atoms with Gasteiger partial charge in [0.05, 0.1) is 6.04 Å². The van der Waals surface area contributed by atoms with E-state index in [2.05, 4.69) is 10.2 Å². The Morgan fingerprint density at radius 2 is 1.85 bits per heavy atom. The fourth-order valence-corrected chi connectivity index (χ4v) is 3.73. The van der Waals surface area contributed by atoms with E-state index in [4.69, 9.17) is 0 Å². The van der Waals surface area contributed by atoms with Crippen LogP contribution in [0.3, 0.4) is 0 Å². The van der Waals surface area contributed by atoms with Gasteiger partial charge in [0, 0.05) is 32.1 Å². The maximum absolute atomic E-state index is 12.3. The van der Waals surface area contributed by atoms with Crippen LogP contribution in [0.25, 0.3) is 0 Å². The number of nitrogens with one attached hydrogen (secondary N) is 1. The molecule has 3 aliphatic rings. The van der Waals surface area contributed by atoms with Gasteiger partial charge in [0.2, 0.25) is 11.8 Å². The van der Waals surface area contributed by atoms with Crippen LogP contribution in [-0.4, -0.2) is 59.9 Å². The molecule has 0 radical (unpaired) electrons. The molecule has 20 heavy (non-hydrogen) atoms. The minimum Gasteiger partial charge on any atom is -0.341 e. The topological polar surface area (TPSA) is 52.7 Å². The second-order valence-corrected chi connectivity index (χ2v) is 6.25. The minimum absolute atomic E-state index is 0.0446. The first-order chi connectivity index (χ1) is 9.75. The van der Waals surface area contributed by atoms with Crippen LogP contribution in [-0.2, 0) is 9.59 Å². The number of nitrogens with zero attached hydrogens (tertiary/aromatic N) is 2. The molecule has 3 saturated heterocycles. The minimum atomic E-state index is 0.0446. The van der Waals surface area contributed by atoms with Gasteiger partial charge in [-0.25, -0.2) is 0 Å². The summed E-state index contributed by atoms with van der Waals surface area (Å²) in [4.78, 5) is 28.3. The molecule has 3 aliphatic heterocycles. The Bertz CT molecular complexity index is 371. The molecule has 3 fully saturated rings. The lowest BCUT2D eigenvalue weighted by Crippen LogP contribution is -2.52. The second-order valence-electron chi connectivity index (χ2n) is 6.25. The summed E-state index contributed by atoms with van der Waals surface area (Å²) in [5.74, 6) is 0.587. The van der Waals surface area contributed by atoms with Crippen molar-refractivity contribution in [2.24, 2.45) is 0 Å². The summed E-state index contributed by atoms with van der Waals surface area (Å²) in [7, 11) is 0. The average molecular weight is 279 g/mol. The lowest BCUT2D eigenvalue weighted by Gasteiger charge is -2.40. The monoisotopic (exact) mass is 279 g/mol. The maximum atomic E-state index is 12.3. The summed E-state index contributed by atoms with van der Waals surface area (Å²) in [6.45, 7) is 3.51. The predicted octanol–water partition coefficient (Wildman–Crippen LogP) is 0.742. The van der Waals surface area contributed by atoms with Gasteiger partial charge in [0.1, 0.15) is 0 Å². The fourth-order valence-electron chi connectivity index (χ4n) is 3.73. The number of piperidine rings is 2. The molecule has 0 saturated carbocycles. The number of rotatable bonds is 2. The van der Waals surface area contributed by atoms with Gasteiger partial charge in [0.25, 0.3) is 0 Å². The van der Waals surface area contributed by atoms with Crippen molar-refractivity contribution < 1.29 is 9.59 Å². The maximum Gasteiger partial charge on any atom is 0.239 e. The zero-order valence-corrected chi connectivity index (χ0v) is 12.1. The Morgan fingerprint density at radius 1 is 1.05 bits per heavy atom. The first-order valence-electron chi connectivity index (χ1n) is 8.07. The van der Waals surface area contributed by atoms with Crippen molar-refractivity contribution in [1.29, 1.82) is 0 Å².